The smallest absolute Gasteiger partial charge is 0.249 e. The number of carbonyl (C=O) groups excluding carboxylic acids is 1. The molecule has 324 valence electrons. The van der Waals surface area contributed by atoms with E-state index in [1.165, 1.54) is 225 Å². The van der Waals surface area contributed by atoms with E-state index in [0.29, 0.717) is 12.8 Å². The molecule has 5 nitrogen and oxygen atoms in total. The Morgan fingerprint density at radius 3 is 0.833 bits per heavy atom. The standard InChI is InChI=1S/C49H99NO4/c1-3-5-7-9-11-13-15-17-19-21-22-23-24-25-26-27-28-30-31-33-35-37-39-41-43-47(52)46(45-51)50-49(54)48(53)44-42-40-38-36-34-32-29-20-18-16-14-12-10-8-6-4-2/h46-48,51-53H,3-45H2,1-2H3,(H,50,54). The highest BCUT2D eigenvalue weighted by Crippen LogP contribution is 2.18. The van der Waals surface area contributed by atoms with Crippen molar-refractivity contribution in [2.45, 2.75) is 302 Å². The fraction of sp³-hybridized carbons (Fsp3) is 0.980. The van der Waals surface area contributed by atoms with Crippen molar-refractivity contribution in [3.8, 4) is 0 Å². The zero-order valence-electron chi connectivity index (χ0n) is 36.9. The van der Waals surface area contributed by atoms with Crippen LogP contribution < -0.4 is 5.32 Å². The third-order valence-corrected chi connectivity index (χ3v) is 12.0. The molecule has 0 fully saturated rings. The van der Waals surface area contributed by atoms with Gasteiger partial charge in [-0.2, -0.15) is 0 Å². The van der Waals surface area contributed by atoms with Crippen LogP contribution >= 0.6 is 0 Å². The normalized spacial score (nSPS) is 13.4. The largest absolute Gasteiger partial charge is 0.394 e. The number of nitrogens with one attached hydrogen (secondary N) is 1. The van der Waals surface area contributed by atoms with E-state index in [4.69, 9.17) is 0 Å². The van der Waals surface area contributed by atoms with E-state index in [0.717, 1.165) is 32.1 Å². The minimum absolute atomic E-state index is 0.307. The van der Waals surface area contributed by atoms with Gasteiger partial charge in [-0.1, -0.05) is 271 Å². The van der Waals surface area contributed by atoms with Crippen LogP contribution in [-0.4, -0.2) is 46.1 Å². The summed E-state index contributed by atoms with van der Waals surface area (Å²) in [5, 5.41) is 33.4. The number of unbranched alkanes of at least 4 members (excludes halogenated alkanes) is 38. The lowest BCUT2D eigenvalue weighted by Crippen LogP contribution is -2.49. The number of hydrogen-bond donors (Lipinski definition) is 4. The highest BCUT2D eigenvalue weighted by Gasteiger charge is 2.23. The summed E-state index contributed by atoms with van der Waals surface area (Å²) in [5.74, 6) is -0.464. The molecule has 5 heteroatoms. The fourth-order valence-electron chi connectivity index (χ4n) is 8.08. The summed E-state index contributed by atoms with van der Waals surface area (Å²) in [7, 11) is 0. The summed E-state index contributed by atoms with van der Waals surface area (Å²) >= 11 is 0. The minimum atomic E-state index is -1.07. The van der Waals surface area contributed by atoms with Gasteiger partial charge in [-0.25, -0.2) is 0 Å². The van der Waals surface area contributed by atoms with Crippen molar-refractivity contribution >= 4 is 5.91 Å². The second-order valence-corrected chi connectivity index (χ2v) is 17.4. The molecule has 0 bridgehead atoms. The highest BCUT2D eigenvalue weighted by atomic mass is 16.3. The molecular weight excluding hydrogens is 667 g/mol. The Balaban J connectivity index is 3.52. The number of rotatable bonds is 46. The molecule has 0 radical (unpaired) electrons. The fourth-order valence-corrected chi connectivity index (χ4v) is 8.08. The van der Waals surface area contributed by atoms with Crippen molar-refractivity contribution in [1.82, 2.24) is 5.32 Å². The number of aliphatic hydroxyl groups excluding tert-OH is 3. The molecule has 0 aliphatic carbocycles. The van der Waals surface area contributed by atoms with Crippen LogP contribution in [0.4, 0.5) is 0 Å². The number of aliphatic hydroxyl groups is 3. The maximum atomic E-state index is 12.5. The topological polar surface area (TPSA) is 89.8 Å². The van der Waals surface area contributed by atoms with E-state index in [-0.39, 0.29) is 6.61 Å². The molecule has 54 heavy (non-hydrogen) atoms. The zero-order chi connectivity index (χ0) is 39.4. The zero-order valence-corrected chi connectivity index (χ0v) is 36.9. The van der Waals surface area contributed by atoms with E-state index in [1.54, 1.807) is 0 Å². The van der Waals surface area contributed by atoms with Gasteiger partial charge in [0.05, 0.1) is 18.8 Å². The van der Waals surface area contributed by atoms with Crippen molar-refractivity contribution in [3.05, 3.63) is 0 Å². The third kappa shape index (κ3) is 39.6. The average Bonchev–Trinajstić information content (AvgIpc) is 3.18. The summed E-state index contributed by atoms with van der Waals surface area (Å²) in [6, 6.07) is -0.706. The Bertz CT molecular complexity index is 718. The molecule has 0 rings (SSSR count). The molecule has 4 N–H and O–H groups in total. The van der Waals surface area contributed by atoms with Crippen LogP contribution in [-0.2, 0) is 4.79 Å². The molecule has 0 spiro atoms. The minimum Gasteiger partial charge on any atom is -0.394 e. The Hall–Kier alpha value is -0.650. The SMILES string of the molecule is CCCCCCCCCCCCCCCCCCCCCCCCCCC(O)C(CO)NC(=O)C(O)CCCCCCCCCCCCCCCCCC. The molecular formula is C49H99NO4. The van der Waals surface area contributed by atoms with E-state index >= 15 is 0 Å². The lowest BCUT2D eigenvalue weighted by Gasteiger charge is -2.23. The molecule has 3 unspecified atom stereocenters. The molecule has 0 saturated heterocycles. The van der Waals surface area contributed by atoms with Gasteiger partial charge in [-0.05, 0) is 12.8 Å². The highest BCUT2D eigenvalue weighted by molar-refractivity contribution is 5.80. The van der Waals surface area contributed by atoms with Crippen LogP contribution in [0.5, 0.6) is 0 Å². The Labute approximate surface area is 338 Å². The first kappa shape index (κ1) is 53.4. The Morgan fingerprint density at radius 1 is 0.370 bits per heavy atom. The van der Waals surface area contributed by atoms with Gasteiger partial charge in [0.2, 0.25) is 5.91 Å². The van der Waals surface area contributed by atoms with E-state index in [2.05, 4.69) is 19.2 Å². The second kappa shape index (κ2) is 45.1. The second-order valence-electron chi connectivity index (χ2n) is 17.4. The number of carbonyl (C=O) groups is 1. The molecule has 0 aliphatic rings. The van der Waals surface area contributed by atoms with Gasteiger partial charge in [0.15, 0.2) is 0 Å². The molecule has 0 heterocycles. The van der Waals surface area contributed by atoms with Crippen molar-refractivity contribution in [2.75, 3.05) is 6.61 Å². The van der Waals surface area contributed by atoms with Crippen molar-refractivity contribution in [3.63, 3.8) is 0 Å². The summed E-state index contributed by atoms with van der Waals surface area (Å²) in [6.45, 7) is 4.26. The summed E-state index contributed by atoms with van der Waals surface area (Å²) in [6.07, 6.45) is 52.6. The summed E-state index contributed by atoms with van der Waals surface area (Å²) in [5.41, 5.74) is 0. The molecule has 0 aromatic heterocycles. The monoisotopic (exact) mass is 766 g/mol. The van der Waals surface area contributed by atoms with Crippen LogP contribution in [0.25, 0.3) is 0 Å². The molecule has 0 saturated carbocycles. The van der Waals surface area contributed by atoms with Gasteiger partial charge >= 0.3 is 0 Å². The molecule has 3 atom stereocenters. The van der Waals surface area contributed by atoms with E-state index in [1.807, 2.05) is 0 Å². The van der Waals surface area contributed by atoms with Crippen LogP contribution in [0.3, 0.4) is 0 Å². The lowest BCUT2D eigenvalue weighted by atomic mass is 10.0. The first-order chi connectivity index (χ1) is 26.6. The van der Waals surface area contributed by atoms with Crippen molar-refractivity contribution in [2.24, 2.45) is 0 Å². The van der Waals surface area contributed by atoms with Gasteiger partial charge < -0.3 is 20.6 Å². The van der Waals surface area contributed by atoms with E-state index in [9.17, 15) is 20.1 Å². The van der Waals surface area contributed by atoms with Gasteiger partial charge in [-0.3, -0.25) is 4.79 Å². The molecule has 1 amide bonds. The third-order valence-electron chi connectivity index (χ3n) is 12.0. The van der Waals surface area contributed by atoms with Gasteiger partial charge in [0.1, 0.15) is 6.10 Å². The van der Waals surface area contributed by atoms with Crippen LogP contribution in [0.2, 0.25) is 0 Å². The molecule has 0 aliphatic heterocycles. The lowest BCUT2D eigenvalue weighted by molar-refractivity contribution is -0.131. The van der Waals surface area contributed by atoms with Gasteiger partial charge in [0.25, 0.3) is 0 Å². The van der Waals surface area contributed by atoms with Crippen LogP contribution in [0, 0.1) is 0 Å². The maximum Gasteiger partial charge on any atom is 0.249 e. The summed E-state index contributed by atoms with van der Waals surface area (Å²) < 4.78 is 0. The predicted molar refractivity (Wildman–Crippen MR) is 236 cm³/mol. The van der Waals surface area contributed by atoms with Crippen LogP contribution in [0.1, 0.15) is 284 Å². The van der Waals surface area contributed by atoms with Crippen molar-refractivity contribution < 1.29 is 20.1 Å². The number of amides is 1. The summed E-state index contributed by atoms with van der Waals surface area (Å²) in [4.78, 5) is 12.5. The molecule has 0 aromatic rings. The van der Waals surface area contributed by atoms with Crippen molar-refractivity contribution in [1.29, 1.82) is 0 Å². The van der Waals surface area contributed by atoms with Crippen LogP contribution in [0.15, 0.2) is 0 Å². The quantitative estimate of drug-likeness (QED) is 0.0465. The van der Waals surface area contributed by atoms with Gasteiger partial charge in [0, 0.05) is 0 Å². The maximum absolute atomic E-state index is 12.5. The first-order valence-electron chi connectivity index (χ1n) is 24.8. The molecule has 0 aromatic carbocycles. The Morgan fingerprint density at radius 2 is 0.593 bits per heavy atom. The average molecular weight is 766 g/mol. The Kier molecular flexibility index (Phi) is 44.5. The van der Waals surface area contributed by atoms with E-state index < -0.39 is 24.2 Å². The predicted octanol–water partition coefficient (Wildman–Crippen LogP) is 14.6. The van der Waals surface area contributed by atoms with Gasteiger partial charge in [-0.15, -0.1) is 0 Å². The first-order valence-corrected chi connectivity index (χ1v) is 24.8. The number of hydrogen-bond acceptors (Lipinski definition) is 4.